The van der Waals surface area contributed by atoms with Gasteiger partial charge in [-0.15, -0.1) is 6.58 Å². The van der Waals surface area contributed by atoms with Crippen molar-refractivity contribution in [3.8, 4) is 23.0 Å². The van der Waals surface area contributed by atoms with Gasteiger partial charge in [0, 0.05) is 11.5 Å². The molecule has 0 aromatic heterocycles. The Bertz CT molecular complexity index is 802. The van der Waals surface area contributed by atoms with Crippen LogP contribution in [0.25, 0.3) is 11.1 Å². The molecule has 2 aromatic rings. The molecular formula is C24H24ClF. The van der Waals surface area contributed by atoms with Gasteiger partial charge in [0.25, 0.3) is 0 Å². The molecular weight excluding hydrogens is 343 g/mol. The first-order chi connectivity index (χ1) is 12.7. The third-order valence-electron chi connectivity index (χ3n) is 5.18. The fourth-order valence-corrected chi connectivity index (χ4v) is 3.67. The summed E-state index contributed by atoms with van der Waals surface area (Å²) in [6, 6.07) is 12.9. The van der Waals surface area contributed by atoms with E-state index in [0.717, 1.165) is 29.0 Å². The van der Waals surface area contributed by atoms with Crippen LogP contribution in [0.4, 0.5) is 4.39 Å². The lowest BCUT2D eigenvalue weighted by Gasteiger charge is -2.25. The van der Waals surface area contributed by atoms with Gasteiger partial charge in [0.2, 0.25) is 0 Å². The smallest absolute Gasteiger partial charge is 0.142 e. The summed E-state index contributed by atoms with van der Waals surface area (Å²) in [6.45, 7) is 3.81. The van der Waals surface area contributed by atoms with E-state index in [1.807, 2.05) is 36.4 Å². The molecule has 134 valence electrons. The first-order valence-electron chi connectivity index (χ1n) is 9.33. The van der Waals surface area contributed by atoms with Crippen LogP contribution < -0.4 is 0 Å². The zero-order valence-electron chi connectivity index (χ0n) is 15.0. The minimum absolute atomic E-state index is 0.149. The van der Waals surface area contributed by atoms with Gasteiger partial charge in [-0.2, -0.15) is 0 Å². The molecule has 2 heteroatoms. The predicted molar refractivity (Wildman–Crippen MR) is 109 cm³/mol. The second-order valence-electron chi connectivity index (χ2n) is 7.06. The van der Waals surface area contributed by atoms with Crippen LogP contribution in [0.2, 0.25) is 5.02 Å². The van der Waals surface area contributed by atoms with E-state index in [1.54, 1.807) is 6.07 Å². The van der Waals surface area contributed by atoms with Crippen LogP contribution in [0.3, 0.4) is 0 Å². The van der Waals surface area contributed by atoms with Crippen molar-refractivity contribution < 1.29 is 4.39 Å². The van der Waals surface area contributed by atoms with Crippen molar-refractivity contribution in [3.05, 3.63) is 71.5 Å². The minimum Gasteiger partial charge on any atom is -0.205 e. The largest absolute Gasteiger partial charge is 0.205 e. The van der Waals surface area contributed by atoms with E-state index >= 15 is 0 Å². The molecule has 0 unspecified atom stereocenters. The highest BCUT2D eigenvalue weighted by atomic mass is 35.5. The molecule has 2 aromatic carbocycles. The van der Waals surface area contributed by atoms with E-state index in [1.165, 1.54) is 38.2 Å². The van der Waals surface area contributed by atoms with Gasteiger partial charge in [0.1, 0.15) is 5.82 Å². The molecule has 0 nitrogen and oxygen atoms in total. The van der Waals surface area contributed by atoms with Gasteiger partial charge in [0.15, 0.2) is 0 Å². The number of halogens is 2. The van der Waals surface area contributed by atoms with E-state index in [9.17, 15) is 4.39 Å². The summed E-state index contributed by atoms with van der Waals surface area (Å²) < 4.78 is 13.6. The quantitative estimate of drug-likeness (QED) is 0.394. The lowest BCUT2D eigenvalue weighted by Crippen LogP contribution is -2.13. The Balaban J connectivity index is 1.59. The molecule has 0 amide bonds. The molecule has 0 aliphatic heterocycles. The Morgan fingerprint density at radius 2 is 1.73 bits per heavy atom. The summed E-state index contributed by atoms with van der Waals surface area (Å²) in [4.78, 5) is 0. The monoisotopic (exact) mass is 366 g/mol. The number of allylic oxidation sites excluding steroid dienone is 1. The Hall–Kier alpha value is -2.04. The van der Waals surface area contributed by atoms with E-state index < -0.39 is 5.82 Å². The van der Waals surface area contributed by atoms with E-state index in [-0.39, 0.29) is 5.02 Å². The fraction of sp³-hybridized carbons (Fsp3) is 0.333. The summed E-state index contributed by atoms with van der Waals surface area (Å²) >= 11 is 5.74. The molecule has 3 rings (SSSR count). The van der Waals surface area contributed by atoms with Crippen LogP contribution in [-0.4, -0.2) is 0 Å². The third kappa shape index (κ3) is 4.99. The summed E-state index contributed by atoms with van der Waals surface area (Å²) in [5.41, 5.74) is 2.80. The van der Waals surface area contributed by atoms with Crippen molar-refractivity contribution in [2.45, 2.75) is 38.5 Å². The highest BCUT2D eigenvalue weighted by Crippen LogP contribution is 2.31. The SMILES string of the molecule is C=CCCC1CCC(C#Cc2ccc(-c3ccc(Cl)c(F)c3)cc2)CC1. The Labute approximate surface area is 161 Å². The lowest BCUT2D eigenvalue weighted by atomic mass is 9.80. The van der Waals surface area contributed by atoms with Crippen molar-refractivity contribution >= 4 is 11.6 Å². The second kappa shape index (κ2) is 9.06. The zero-order chi connectivity index (χ0) is 18.4. The van der Waals surface area contributed by atoms with Gasteiger partial charge in [-0.25, -0.2) is 4.39 Å². The topological polar surface area (TPSA) is 0 Å². The van der Waals surface area contributed by atoms with Gasteiger partial charge >= 0.3 is 0 Å². The van der Waals surface area contributed by atoms with Crippen molar-refractivity contribution in [1.82, 2.24) is 0 Å². The Kier molecular flexibility index (Phi) is 6.53. The number of benzene rings is 2. The molecule has 0 heterocycles. The van der Waals surface area contributed by atoms with E-state index in [4.69, 9.17) is 11.6 Å². The van der Waals surface area contributed by atoms with Crippen LogP contribution in [-0.2, 0) is 0 Å². The highest BCUT2D eigenvalue weighted by molar-refractivity contribution is 6.30. The molecule has 0 N–H and O–H groups in total. The van der Waals surface area contributed by atoms with Crippen LogP contribution >= 0.6 is 11.6 Å². The first-order valence-corrected chi connectivity index (χ1v) is 9.71. The molecule has 0 atom stereocenters. The molecule has 0 radical (unpaired) electrons. The molecule has 26 heavy (non-hydrogen) atoms. The van der Waals surface area contributed by atoms with Crippen LogP contribution in [0.15, 0.2) is 55.1 Å². The minimum atomic E-state index is -0.392. The maximum atomic E-state index is 13.6. The Morgan fingerprint density at radius 1 is 1.04 bits per heavy atom. The van der Waals surface area contributed by atoms with Crippen molar-refractivity contribution in [2.24, 2.45) is 11.8 Å². The van der Waals surface area contributed by atoms with Gasteiger partial charge in [0.05, 0.1) is 5.02 Å². The summed E-state index contributed by atoms with van der Waals surface area (Å²) in [5.74, 6) is 7.73. The van der Waals surface area contributed by atoms with E-state index in [2.05, 4.69) is 18.4 Å². The Morgan fingerprint density at radius 3 is 2.38 bits per heavy atom. The molecule has 1 aliphatic rings. The fourth-order valence-electron chi connectivity index (χ4n) is 3.56. The van der Waals surface area contributed by atoms with Crippen LogP contribution in [0.5, 0.6) is 0 Å². The van der Waals surface area contributed by atoms with Crippen LogP contribution in [0, 0.1) is 29.5 Å². The average Bonchev–Trinajstić information content (AvgIpc) is 2.68. The van der Waals surface area contributed by atoms with Crippen molar-refractivity contribution in [1.29, 1.82) is 0 Å². The van der Waals surface area contributed by atoms with Crippen molar-refractivity contribution in [3.63, 3.8) is 0 Å². The molecule has 0 bridgehead atoms. The maximum Gasteiger partial charge on any atom is 0.142 e. The van der Waals surface area contributed by atoms with Crippen molar-refractivity contribution in [2.75, 3.05) is 0 Å². The second-order valence-corrected chi connectivity index (χ2v) is 7.47. The maximum absolute atomic E-state index is 13.6. The zero-order valence-corrected chi connectivity index (χ0v) is 15.7. The van der Waals surface area contributed by atoms with Gasteiger partial charge in [-0.1, -0.05) is 47.7 Å². The molecule has 0 spiro atoms. The van der Waals surface area contributed by atoms with Gasteiger partial charge < -0.3 is 0 Å². The standard InChI is InChI=1S/C24H24ClF/c1-2-3-4-18-5-7-19(8-6-18)9-10-20-11-13-21(14-12-20)22-15-16-23(25)24(26)17-22/h2,11-19H,1,3-8H2. The predicted octanol–water partition coefficient (Wildman–Crippen LogP) is 7.27. The van der Waals surface area contributed by atoms with Gasteiger partial charge in [-0.3, -0.25) is 0 Å². The number of hydrogen-bond donors (Lipinski definition) is 0. The third-order valence-corrected chi connectivity index (χ3v) is 5.49. The molecule has 1 aliphatic carbocycles. The number of rotatable bonds is 4. The van der Waals surface area contributed by atoms with Gasteiger partial charge in [-0.05, 0) is 79.8 Å². The average molecular weight is 367 g/mol. The molecule has 1 saturated carbocycles. The highest BCUT2D eigenvalue weighted by Gasteiger charge is 2.18. The number of hydrogen-bond acceptors (Lipinski definition) is 0. The normalized spacial score (nSPS) is 19.5. The summed E-state index contributed by atoms with van der Waals surface area (Å²) in [6.07, 6.45) is 9.41. The summed E-state index contributed by atoms with van der Waals surface area (Å²) in [7, 11) is 0. The lowest BCUT2D eigenvalue weighted by molar-refractivity contribution is 0.303. The first kappa shape index (κ1) is 18.7. The van der Waals surface area contributed by atoms with Crippen LogP contribution in [0.1, 0.15) is 44.1 Å². The molecule has 0 saturated heterocycles. The van der Waals surface area contributed by atoms with E-state index in [0.29, 0.717) is 5.92 Å². The molecule has 1 fully saturated rings. The summed E-state index contributed by atoms with van der Waals surface area (Å²) in [5, 5.41) is 0.149.